The summed E-state index contributed by atoms with van der Waals surface area (Å²) in [6.45, 7) is 1.98. The molecule has 0 spiro atoms. The zero-order chi connectivity index (χ0) is 33.2. The molecule has 2 aliphatic heterocycles. The number of carbonyl (C=O) groups excluding carboxylic acids is 2. The number of rotatable bonds is 9. The average Bonchev–Trinajstić information content (AvgIpc) is 3.08. The molecule has 2 bridgehead atoms. The summed E-state index contributed by atoms with van der Waals surface area (Å²) in [5, 5.41) is 5.97. The highest BCUT2D eigenvalue weighted by Gasteiger charge is 2.35. The summed E-state index contributed by atoms with van der Waals surface area (Å²) in [5.74, 6) is 1.37. The summed E-state index contributed by atoms with van der Waals surface area (Å²) >= 11 is 3.48. The number of ether oxygens (including phenoxy) is 4. The average molecular weight is 704 g/mol. The molecule has 2 atom stereocenters. The van der Waals surface area contributed by atoms with Crippen LogP contribution in [0, 0.1) is 5.92 Å². The number of pyridine rings is 1. The van der Waals surface area contributed by atoms with Crippen molar-refractivity contribution < 1.29 is 28.5 Å². The molecule has 2 amide bonds. The highest BCUT2D eigenvalue weighted by atomic mass is 79.9. The molecule has 0 saturated carbocycles. The normalized spacial score (nSPS) is 16.5. The van der Waals surface area contributed by atoms with Crippen LogP contribution in [-0.4, -0.2) is 57.9 Å². The lowest BCUT2D eigenvalue weighted by atomic mass is 9.83. The van der Waals surface area contributed by atoms with Crippen LogP contribution < -0.4 is 40.0 Å². The van der Waals surface area contributed by atoms with Gasteiger partial charge in [-0.05, 0) is 70.7 Å². The predicted octanol–water partition coefficient (Wildman–Crippen LogP) is 5.77. The predicted molar refractivity (Wildman–Crippen MR) is 183 cm³/mol. The van der Waals surface area contributed by atoms with Gasteiger partial charge in [0, 0.05) is 65.2 Å². The molecular weight excluding hydrogens is 668 g/mol. The second kappa shape index (κ2) is 13.4. The molecule has 12 heteroatoms. The lowest BCUT2D eigenvalue weighted by Crippen LogP contribution is -2.47. The van der Waals surface area contributed by atoms with Gasteiger partial charge < -0.3 is 39.0 Å². The van der Waals surface area contributed by atoms with Crippen LogP contribution in [0.15, 0.2) is 76.0 Å². The van der Waals surface area contributed by atoms with Crippen LogP contribution in [0.3, 0.4) is 0 Å². The number of anilines is 3. The number of hydrogen-bond donors (Lipinski definition) is 2. The van der Waals surface area contributed by atoms with Crippen LogP contribution >= 0.6 is 15.9 Å². The fourth-order valence-corrected chi connectivity index (χ4v) is 6.92. The van der Waals surface area contributed by atoms with Crippen LogP contribution in [0.2, 0.25) is 0 Å². The van der Waals surface area contributed by atoms with E-state index in [9.17, 15) is 14.4 Å². The van der Waals surface area contributed by atoms with Gasteiger partial charge in [0.05, 0.1) is 45.4 Å². The first kappa shape index (κ1) is 32.0. The van der Waals surface area contributed by atoms with E-state index >= 15 is 0 Å². The van der Waals surface area contributed by atoms with E-state index in [0.717, 1.165) is 17.8 Å². The third-order valence-corrected chi connectivity index (χ3v) is 9.36. The molecule has 1 fully saturated rings. The Hall–Kier alpha value is -4.97. The molecule has 4 aromatic rings. The molecule has 2 aliphatic rings. The lowest BCUT2D eigenvalue weighted by Gasteiger charge is -2.44. The standard InChI is InChI=1S/C35H35BrN4O7/c1-44-24-9-10-26(36)25(16-24)35(43)38-27-13-21(34(42)37-23-14-30(45-2)33(47-4)31(15-23)46-3)8-11-29(27)39-17-20-12-22(19-39)28-6-5-7-32(41)40(28)18-20/h5-11,13-16,20,22H,12,17-19H2,1-4H3,(H,37,42)(H,38,43). The first-order valence-electron chi connectivity index (χ1n) is 15.1. The number of hydrogen-bond acceptors (Lipinski definition) is 8. The van der Waals surface area contributed by atoms with Crippen LogP contribution in [0.25, 0.3) is 0 Å². The zero-order valence-electron chi connectivity index (χ0n) is 26.5. The summed E-state index contributed by atoms with van der Waals surface area (Å²) in [6.07, 6.45) is 0.980. The Balaban J connectivity index is 1.35. The number of benzene rings is 3. The molecule has 244 valence electrons. The molecule has 47 heavy (non-hydrogen) atoms. The maximum atomic E-state index is 13.7. The van der Waals surface area contributed by atoms with Gasteiger partial charge in [0.1, 0.15) is 5.75 Å². The van der Waals surface area contributed by atoms with Crippen molar-refractivity contribution in [2.75, 3.05) is 57.1 Å². The fourth-order valence-electron chi connectivity index (χ4n) is 6.50. The molecule has 11 nitrogen and oxygen atoms in total. The SMILES string of the molecule is COc1ccc(Br)c(C(=O)Nc2cc(C(=O)Nc3cc(OC)c(OC)c(OC)c3)ccc2N2CC3CC(C2)c2cccc(=O)n2C3)c1. The molecule has 2 unspecified atom stereocenters. The van der Waals surface area contributed by atoms with E-state index in [1.165, 1.54) is 21.3 Å². The monoisotopic (exact) mass is 702 g/mol. The second-order valence-corrected chi connectivity index (χ2v) is 12.4. The highest BCUT2D eigenvalue weighted by molar-refractivity contribution is 9.10. The topological polar surface area (TPSA) is 120 Å². The van der Waals surface area contributed by atoms with E-state index in [4.69, 9.17) is 18.9 Å². The Morgan fingerprint density at radius 1 is 0.809 bits per heavy atom. The molecule has 2 N–H and O–H groups in total. The Labute approximate surface area is 280 Å². The molecule has 1 saturated heterocycles. The zero-order valence-corrected chi connectivity index (χ0v) is 28.1. The van der Waals surface area contributed by atoms with Crippen molar-refractivity contribution in [2.45, 2.75) is 18.9 Å². The van der Waals surface area contributed by atoms with Gasteiger partial charge in [-0.2, -0.15) is 0 Å². The third kappa shape index (κ3) is 6.37. The van der Waals surface area contributed by atoms with Gasteiger partial charge in [0.25, 0.3) is 17.4 Å². The van der Waals surface area contributed by atoms with Crippen molar-refractivity contribution >= 4 is 44.8 Å². The van der Waals surface area contributed by atoms with E-state index in [0.29, 0.717) is 69.6 Å². The van der Waals surface area contributed by atoms with E-state index in [2.05, 4.69) is 31.5 Å². The number of halogens is 1. The van der Waals surface area contributed by atoms with Crippen LogP contribution in [0.5, 0.6) is 23.0 Å². The van der Waals surface area contributed by atoms with Gasteiger partial charge in [-0.3, -0.25) is 14.4 Å². The molecular formula is C35H35BrN4O7. The summed E-state index contributed by atoms with van der Waals surface area (Å²) in [6, 6.07) is 19.2. The Morgan fingerprint density at radius 2 is 1.57 bits per heavy atom. The van der Waals surface area contributed by atoms with Crippen LogP contribution in [0.1, 0.15) is 38.7 Å². The number of aromatic nitrogens is 1. The van der Waals surface area contributed by atoms with Crippen molar-refractivity contribution in [2.24, 2.45) is 5.92 Å². The maximum Gasteiger partial charge on any atom is 0.257 e. The molecule has 0 radical (unpaired) electrons. The first-order chi connectivity index (χ1) is 22.7. The van der Waals surface area contributed by atoms with Gasteiger partial charge in [-0.15, -0.1) is 0 Å². The van der Waals surface area contributed by atoms with Gasteiger partial charge in [0.2, 0.25) is 5.75 Å². The Morgan fingerprint density at radius 3 is 2.28 bits per heavy atom. The Kier molecular flexibility index (Phi) is 9.12. The first-order valence-corrected chi connectivity index (χ1v) is 15.9. The van der Waals surface area contributed by atoms with Gasteiger partial charge in [-0.1, -0.05) is 6.07 Å². The maximum absolute atomic E-state index is 13.7. The van der Waals surface area contributed by atoms with Gasteiger partial charge in [-0.25, -0.2) is 0 Å². The van der Waals surface area contributed by atoms with Gasteiger partial charge in [0.15, 0.2) is 11.5 Å². The van der Waals surface area contributed by atoms with E-state index < -0.39 is 5.91 Å². The number of methoxy groups -OCH3 is 4. The molecule has 0 aliphatic carbocycles. The fraction of sp³-hybridized carbons (Fsp3) is 0.286. The number of amides is 2. The van der Waals surface area contributed by atoms with Crippen molar-refractivity contribution in [3.05, 3.63) is 98.4 Å². The number of carbonyl (C=O) groups is 2. The van der Waals surface area contributed by atoms with Crippen LogP contribution in [-0.2, 0) is 6.54 Å². The van der Waals surface area contributed by atoms with Gasteiger partial charge >= 0.3 is 0 Å². The minimum atomic E-state index is -0.396. The Bertz CT molecular complexity index is 1880. The minimum absolute atomic E-state index is 0.0185. The van der Waals surface area contributed by atoms with E-state index in [-0.39, 0.29) is 23.3 Å². The number of nitrogens with zero attached hydrogens (tertiary/aromatic N) is 2. The quantitative estimate of drug-likeness (QED) is 0.226. The van der Waals surface area contributed by atoms with Crippen molar-refractivity contribution in [1.82, 2.24) is 4.57 Å². The smallest absolute Gasteiger partial charge is 0.257 e. The largest absolute Gasteiger partial charge is 0.497 e. The number of nitrogens with one attached hydrogen (secondary N) is 2. The van der Waals surface area contributed by atoms with E-state index in [1.807, 2.05) is 22.8 Å². The third-order valence-electron chi connectivity index (χ3n) is 8.67. The summed E-state index contributed by atoms with van der Waals surface area (Å²) in [7, 11) is 6.05. The van der Waals surface area contributed by atoms with Crippen molar-refractivity contribution in [1.29, 1.82) is 0 Å². The molecule has 3 aromatic carbocycles. The summed E-state index contributed by atoms with van der Waals surface area (Å²) < 4.78 is 24.1. The van der Waals surface area contributed by atoms with Crippen molar-refractivity contribution in [3.63, 3.8) is 0 Å². The van der Waals surface area contributed by atoms with Crippen molar-refractivity contribution in [3.8, 4) is 23.0 Å². The number of fused-ring (bicyclic) bond motifs is 4. The summed E-state index contributed by atoms with van der Waals surface area (Å²) in [4.78, 5) is 42.2. The van der Waals surface area contributed by atoms with Crippen LogP contribution in [0.4, 0.5) is 17.1 Å². The number of piperidine rings is 1. The molecule has 6 rings (SSSR count). The minimum Gasteiger partial charge on any atom is -0.497 e. The highest BCUT2D eigenvalue weighted by Crippen LogP contribution is 2.41. The molecule has 3 heterocycles. The van der Waals surface area contributed by atoms with E-state index in [1.54, 1.807) is 55.6 Å². The summed E-state index contributed by atoms with van der Waals surface area (Å²) in [5.41, 5.74) is 3.45. The lowest BCUT2D eigenvalue weighted by molar-refractivity contribution is 0.101. The molecule has 1 aromatic heterocycles. The second-order valence-electron chi connectivity index (χ2n) is 11.5.